The fraction of sp³-hybridized carbons (Fsp3) is 0.158. The van der Waals surface area contributed by atoms with E-state index in [1.54, 1.807) is 6.20 Å². The molecule has 0 unspecified atom stereocenters. The Bertz CT molecular complexity index is 1090. The van der Waals surface area contributed by atoms with Crippen LogP contribution in [0.25, 0.3) is 11.3 Å². The molecule has 1 N–H and O–H groups in total. The molecule has 0 spiro atoms. The molecule has 3 aromatic heterocycles. The first kappa shape index (κ1) is 17.3. The maximum atomic E-state index is 13.0. The number of para-hydroxylation sites is 1. The molecule has 4 aromatic rings. The summed E-state index contributed by atoms with van der Waals surface area (Å²) in [5.74, 6) is 0.460. The Morgan fingerprint density at radius 1 is 1.11 bits per heavy atom. The van der Waals surface area contributed by atoms with Crippen LogP contribution in [0, 0.1) is 0 Å². The Hall–Kier alpha value is -3.13. The molecule has 0 aliphatic rings. The number of nitrogens with zero attached hydrogens (tertiary/aromatic N) is 5. The normalized spacial score (nSPS) is 12.2. The summed E-state index contributed by atoms with van der Waals surface area (Å²) in [6, 6.07) is 15.1. The van der Waals surface area contributed by atoms with E-state index < -0.39 is 0 Å². The molecule has 0 saturated carbocycles. The van der Waals surface area contributed by atoms with Crippen LogP contribution >= 0.6 is 11.8 Å². The van der Waals surface area contributed by atoms with Gasteiger partial charge in [0.2, 0.25) is 0 Å². The van der Waals surface area contributed by atoms with Crippen LogP contribution in [0.15, 0.2) is 66.1 Å². The lowest BCUT2D eigenvalue weighted by atomic mass is 10.2. The van der Waals surface area contributed by atoms with Crippen molar-refractivity contribution in [1.29, 1.82) is 0 Å². The van der Waals surface area contributed by atoms with Crippen molar-refractivity contribution in [3.63, 3.8) is 0 Å². The number of hydrogen-bond donors (Lipinski definition) is 1. The Morgan fingerprint density at radius 2 is 1.89 bits per heavy atom. The van der Waals surface area contributed by atoms with Crippen LogP contribution < -0.4 is 5.32 Å². The van der Waals surface area contributed by atoms with E-state index in [0.717, 1.165) is 16.5 Å². The van der Waals surface area contributed by atoms with Gasteiger partial charge in [0.25, 0.3) is 5.91 Å². The van der Waals surface area contributed by atoms with Crippen LogP contribution in [0.3, 0.4) is 0 Å². The average Bonchev–Trinajstić information content (AvgIpc) is 3.32. The molecule has 0 fully saturated rings. The Kier molecular flexibility index (Phi) is 4.64. The molecule has 1 aromatic carbocycles. The quantitative estimate of drug-likeness (QED) is 0.540. The molecule has 0 radical (unpaired) electrons. The molecule has 27 heavy (non-hydrogen) atoms. The van der Waals surface area contributed by atoms with Gasteiger partial charge in [0.15, 0.2) is 16.6 Å². The van der Waals surface area contributed by atoms with E-state index in [1.807, 2.05) is 76.9 Å². The zero-order chi connectivity index (χ0) is 18.8. The highest BCUT2D eigenvalue weighted by molar-refractivity contribution is 7.98. The number of amides is 1. The number of thioether (sulfide) groups is 1. The van der Waals surface area contributed by atoms with Gasteiger partial charge in [0, 0.05) is 11.9 Å². The number of carbonyl (C=O) groups excluding carboxylic acids is 1. The van der Waals surface area contributed by atoms with E-state index in [1.165, 1.54) is 11.8 Å². The summed E-state index contributed by atoms with van der Waals surface area (Å²) in [7, 11) is 0. The molecule has 0 saturated heterocycles. The van der Waals surface area contributed by atoms with Crippen LogP contribution in [-0.4, -0.2) is 36.3 Å². The summed E-state index contributed by atoms with van der Waals surface area (Å²) in [5, 5.41) is 12.1. The summed E-state index contributed by atoms with van der Waals surface area (Å²) >= 11 is 1.49. The van der Waals surface area contributed by atoms with E-state index in [4.69, 9.17) is 0 Å². The molecule has 136 valence electrons. The Morgan fingerprint density at radius 3 is 2.67 bits per heavy atom. The number of aromatic nitrogens is 5. The van der Waals surface area contributed by atoms with E-state index in [-0.39, 0.29) is 11.9 Å². The molecule has 1 amide bonds. The van der Waals surface area contributed by atoms with Gasteiger partial charge in [0.05, 0.1) is 12.2 Å². The maximum Gasteiger partial charge on any atom is 0.270 e. The summed E-state index contributed by atoms with van der Waals surface area (Å²) in [6.07, 6.45) is 5.42. The fourth-order valence-corrected chi connectivity index (χ4v) is 3.50. The lowest BCUT2D eigenvalue weighted by Crippen LogP contribution is -2.29. The molecule has 3 heterocycles. The highest BCUT2D eigenvalue weighted by Crippen LogP contribution is 2.22. The van der Waals surface area contributed by atoms with E-state index >= 15 is 0 Å². The number of rotatable bonds is 5. The van der Waals surface area contributed by atoms with Gasteiger partial charge in [-0.3, -0.25) is 13.8 Å². The second kappa shape index (κ2) is 7.24. The van der Waals surface area contributed by atoms with Crippen LogP contribution in [0.2, 0.25) is 0 Å². The number of imidazole rings is 1. The van der Waals surface area contributed by atoms with E-state index in [2.05, 4.69) is 20.5 Å². The lowest BCUT2D eigenvalue weighted by Gasteiger charge is -2.14. The molecular formula is C19H18N6OS. The topological polar surface area (TPSA) is 77.1 Å². The predicted octanol–water partition coefficient (Wildman–Crippen LogP) is 3.13. The largest absolute Gasteiger partial charge is 0.341 e. The monoisotopic (exact) mass is 378 g/mol. The van der Waals surface area contributed by atoms with Gasteiger partial charge in [-0.1, -0.05) is 36.0 Å². The molecule has 0 aliphatic carbocycles. The van der Waals surface area contributed by atoms with Crippen molar-refractivity contribution in [2.75, 3.05) is 6.26 Å². The van der Waals surface area contributed by atoms with Gasteiger partial charge < -0.3 is 5.32 Å². The maximum absolute atomic E-state index is 13.0. The van der Waals surface area contributed by atoms with Gasteiger partial charge in [-0.05, 0) is 37.4 Å². The summed E-state index contributed by atoms with van der Waals surface area (Å²) < 4.78 is 3.72. The van der Waals surface area contributed by atoms with Crippen molar-refractivity contribution >= 4 is 23.3 Å². The number of hydrogen-bond acceptors (Lipinski definition) is 5. The zero-order valence-corrected chi connectivity index (χ0v) is 15.7. The molecule has 0 bridgehead atoms. The van der Waals surface area contributed by atoms with Crippen molar-refractivity contribution in [3.8, 4) is 5.69 Å². The first-order valence-corrected chi connectivity index (χ1v) is 9.69. The lowest BCUT2D eigenvalue weighted by molar-refractivity contribution is 0.0930. The standard InChI is InChI=1S/C19H18N6OS/c1-13(17-23-22-16-10-6-7-11-24(16)17)21-18(26)15-12-20-19(27-2)25(15)14-8-4-3-5-9-14/h3-13H,1-2H3,(H,21,26)/t13-/m1/s1. The number of benzene rings is 1. The minimum atomic E-state index is -0.313. The van der Waals surface area contributed by atoms with Crippen molar-refractivity contribution < 1.29 is 4.79 Å². The molecule has 0 aliphatic heterocycles. The van der Waals surface area contributed by atoms with Crippen molar-refractivity contribution in [2.45, 2.75) is 18.1 Å². The summed E-state index contributed by atoms with van der Waals surface area (Å²) in [5.41, 5.74) is 2.11. The summed E-state index contributed by atoms with van der Waals surface area (Å²) in [4.78, 5) is 17.4. The van der Waals surface area contributed by atoms with Crippen LogP contribution in [-0.2, 0) is 0 Å². The highest BCUT2D eigenvalue weighted by atomic mass is 32.2. The highest BCUT2D eigenvalue weighted by Gasteiger charge is 2.21. The molecule has 7 nitrogen and oxygen atoms in total. The predicted molar refractivity (Wildman–Crippen MR) is 104 cm³/mol. The van der Waals surface area contributed by atoms with Gasteiger partial charge in [0.1, 0.15) is 5.69 Å². The first-order chi connectivity index (χ1) is 13.2. The van der Waals surface area contributed by atoms with Crippen molar-refractivity contribution in [2.24, 2.45) is 0 Å². The van der Waals surface area contributed by atoms with E-state index in [9.17, 15) is 4.79 Å². The Balaban J connectivity index is 1.65. The number of nitrogens with one attached hydrogen (secondary N) is 1. The third-order valence-corrected chi connectivity index (χ3v) is 4.89. The van der Waals surface area contributed by atoms with Gasteiger partial charge in [-0.2, -0.15) is 0 Å². The second-order valence-electron chi connectivity index (χ2n) is 5.98. The van der Waals surface area contributed by atoms with Gasteiger partial charge in [-0.15, -0.1) is 10.2 Å². The van der Waals surface area contributed by atoms with Crippen LogP contribution in [0.5, 0.6) is 0 Å². The first-order valence-electron chi connectivity index (χ1n) is 8.46. The third-order valence-electron chi connectivity index (χ3n) is 4.23. The number of carbonyl (C=O) groups is 1. The minimum absolute atomic E-state index is 0.216. The average molecular weight is 378 g/mol. The zero-order valence-electron chi connectivity index (χ0n) is 14.9. The third kappa shape index (κ3) is 3.19. The Labute approximate surface area is 160 Å². The fourth-order valence-electron chi connectivity index (χ4n) is 2.96. The van der Waals surface area contributed by atoms with Crippen molar-refractivity contribution in [1.82, 2.24) is 29.5 Å². The minimum Gasteiger partial charge on any atom is -0.341 e. The molecule has 4 rings (SSSR count). The van der Waals surface area contributed by atoms with Gasteiger partial charge in [-0.25, -0.2) is 4.98 Å². The molecule has 1 atom stereocenters. The molecule has 8 heteroatoms. The van der Waals surface area contributed by atoms with E-state index in [0.29, 0.717) is 11.5 Å². The number of pyridine rings is 1. The van der Waals surface area contributed by atoms with Crippen LogP contribution in [0.1, 0.15) is 29.3 Å². The number of fused-ring (bicyclic) bond motifs is 1. The second-order valence-corrected chi connectivity index (χ2v) is 6.76. The summed E-state index contributed by atoms with van der Waals surface area (Å²) in [6.45, 7) is 1.89. The molecular weight excluding hydrogens is 360 g/mol. The SMILES string of the molecule is CSc1ncc(C(=O)N[C@H](C)c2nnc3ccccn23)n1-c1ccccc1. The van der Waals surface area contributed by atoms with Crippen LogP contribution in [0.4, 0.5) is 0 Å². The van der Waals surface area contributed by atoms with Gasteiger partial charge >= 0.3 is 0 Å². The smallest absolute Gasteiger partial charge is 0.270 e. The van der Waals surface area contributed by atoms with Crippen molar-refractivity contribution in [3.05, 3.63) is 72.4 Å².